The number of nitrogen functional groups attached to an aromatic ring is 1. The van der Waals surface area contributed by atoms with E-state index in [1.54, 1.807) is 24.3 Å². The number of hydrogen-bond donors (Lipinski definition) is 4. The number of aromatic hydroxyl groups is 1. The molecule has 0 heterocycles. The van der Waals surface area contributed by atoms with E-state index in [2.05, 4.69) is 14.8 Å². The van der Waals surface area contributed by atoms with Crippen LogP contribution in [0.2, 0.25) is 0 Å². The number of nitrogens with two attached hydrogens (primary N) is 1. The Hall–Kier alpha value is -1.51. The molecule has 7 heteroatoms. The summed E-state index contributed by atoms with van der Waals surface area (Å²) < 4.78 is 4.30. The topological polar surface area (TPSA) is 97.0 Å². The summed E-state index contributed by atoms with van der Waals surface area (Å²) in [4.78, 5) is 0.582. The van der Waals surface area contributed by atoms with Crippen LogP contribution in [0.5, 0.6) is 5.75 Å². The molecule has 0 aromatic heterocycles. The fourth-order valence-corrected chi connectivity index (χ4v) is 1.96. The molecular weight excluding hydrogens is 244 g/mol. The molecule has 0 atom stereocenters. The normalized spacial score (nSPS) is 10.7. The number of phenols is 1. The lowest BCUT2D eigenvalue weighted by molar-refractivity contribution is -0.432. The molecule has 0 bridgehead atoms. The first-order valence-electron chi connectivity index (χ1n) is 4.63. The average Bonchev–Trinajstić information content (AvgIpc) is 2.35. The zero-order valence-corrected chi connectivity index (χ0v) is 9.40. The van der Waals surface area contributed by atoms with Crippen LogP contribution in [0.25, 0.3) is 10.8 Å². The van der Waals surface area contributed by atoms with Crippen LogP contribution in [0.4, 0.5) is 5.69 Å². The standard InChI is InChI=1S/C10H10N2O4S/c11-12-7-1-2-9-6(3-7)4-8(5-10(9)13)17-16-15-14/h1-5,12-14H,11H2. The Morgan fingerprint density at radius 3 is 2.76 bits per heavy atom. The van der Waals surface area contributed by atoms with Gasteiger partial charge in [0.15, 0.2) is 0 Å². The number of phenolic OH excluding ortho intramolecular Hbond substituents is 1. The van der Waals surface area contributed by atoms with Gasteiger partial charge in [0, 0.05) is 16.0 Å². The smallest absolute Gasteiger partial charge is 0.124 e. The van der Waals surface area contributed by atoms with Gasteiger partial charge in [0.1, 0.15) is 5.75 Å². The predicted molar refractivity (Wildman–Crippen MR) is 64.1 cm³/mol. The molecule has 17 heavy (non-hydrogen) atoms. The largest absolute Gasteiger partial charge is 0.507 e. The number of hydrazine groups is 1. The van der Waals surface area contributed by atoms with Gasteiger partial charge in [-0.15, -0.1) is 4.33 Å². The molecule has 0 fully saturated rings. The molecule has 2 rings (SSSR count). The second-order valence-corrected chi connectivity index (χ2v) is 4.02. The third-order valence-corrected chi connectivity index (χ3v) is 2.79. The van der Waals surface area contributed by atoms with Gasteiger partial charge in [0.05, 0.1) is 12.0 Å². The van der Waals surface area contributed by atoms with E-state index >= 15 is 0 Å². The quantitative estimate of drug-likeness (QED) is 0.287. The summed E-state index contributed by atoms with van der Waals surface area (Å²) in [6.07, 6.45) is 0. The van der Waals surface area contributed by atoms with Crippen molar-refractivity contribution >= 4 is 28.5 Å². The Balaban J connectivity index is 2.46. The summed E-state index contributed by atoms with van der Waals surface area (Å²) in [7, 11) is 0. The molecule has 0 saturated carbocycles. The van der Waals surface area contributed by atoms with Crippen molar-refractivity contribution in [3.8, 4) is 5.75 Å². The lowest BCUT2D eigenvalue weighted by atomic mass is 10.1. The SMILES string of the molecule is NNc1ccc2c(O)cc(SOOO)cc2c1. The minimum atomic E-state index is 0.107. The molecule has 0 aliphatic carbocycles. The first-order valence-corrected chi connectivity index (χ1v) is 5.37. The molecule has 0 radical (unpaired) electrons. The van der Waals surface area contributed by atoms with Crippen LogP contribution >= 0.6 is 12.0 Å². The summed E-state index contributed by atoms with van der Waals surface area (Å²) in [5.41, 5.74) is 3.24. The molecule has 6 nitrogen and oxygen atoms in total. The van der Waals surface area contributed by atoms with Gasteiger partial charge in [-0.25, -0.2) is 5.26 Å². The van der Waals surface area contributed by atoms with Gasteiger partial charge in [0.2, 0.25) is 0 Å². The summed E-state index contributed by atoms with van der Waals surface area (Å²) in [5.74, 6) is 5.41. The Morgan fingerprint density at radius 1 is 1.24 bits per heavy atom. The summed E-state index contributed by atoms with van der Waals surface area (Å²) in [6.45, 7) is 0. The minimum Gasteiger partial charge on any atom is -0.507 e. The maximum Gasteiger partial charge on any atom is 0.124 e. The third-order valence-electron chi connectivity index (χ3n) is 2.23. The van der Waals surface area contributed by atoms with Gasteiger partial charge in [-0.2, -0.15) is 0 Å². The van der Waals surface area contributed by atoms with E-state index in [9.17, 15) is 5.11 Å². The second-order valence-electron chi connectivity index (χ2n) is 3.25. The van der Waals surface area contributed by atoms with Crippen molar-refractivity contribution in [1.29, 1.82) is 0 Å². The molecule has 90 valence electrons. The molecule has 2 aromatic rings. The Morgan fingerprint density at radius 2 is 2.06 bits per heavy atom. The maximum atomic E-state index is 9.79. The van der Waals surface area contributed by atoms with Crippen LogP contribution in [-0.2, 0) is 9.37 Å². The molecule has 0 amide bonds. The molecule has 0 spiro atoms. The van der Waals surface area contributed by atoms with Gasteiger partial charge in [-0.05, 0) is 35.7 Å². The van der Waals surface area contributed by atoms with Crippen molar-refractivity contribution in [1.82, 2.24) is 0 Å². The minimum absolute atomic E-state index is 0.107. The molecule has 0 unspecified atom stereocenters. The van der Waals surface area contributed by atoms with Crippen molar-refractivity contribution in [2.24, 2.45) is 5.84 Å². The molecule has 0 aliphatic rings. The van der Waals surface area contributed by atoms with Crippen molar-refractivity contribution in [3.05, 3.63) is 30.3 Å². The maximum absolute atomic E-state index is 9.79. The highest BCUT2D eigenvalue weighted by Crippen LogP contribution is 2.32. The first-order chi connectivity index (χ1) is 8.24. The highest BCUT2D eigenvalue weighted by Gasteiger charge is 2.05. The first kappa shape index (κ1) is 12.0. The van der Waals surface area contributed by atoms with E-state index in [1.807, 2.05) is 0 Å². The van der Waals surface area contributed by atoms with Crippen LogP contribution in [0.1, 0.15) is 0 Å². The van der Waals surface area contributed by atoms with Gasteiger partial charge < -0.3 is 10.5 Å². The number of hydrogen-bond acceptors (Lipinski definition) is 7. The van der Waals surface area contributed by atoms with Crippen molar-refractivity contribution in [2.45, 2.75) is 4.90 Å². The monoisotopic (exact) mass is 254 g/mol. The van der Waals surface area contributed by atoms with Gasteiger partial charge in [0.25, 0.3) is 0 Å². The number of anilines is 1. The fraction of sp³-hybridized carbons (Fsp3) is 0. The van der Waals surface area contributed by atoms with Crippen molar-refractivity contribution in [2.75, 3.05) is 5.43 Å². The van der Waals surface area contributed by atoms with Crippen LogP contribution in [-0.4, -0.2) is 10.4 Å². The summed E-state index contributed by atoms with van der Waals surface area (Å²) in [5, 5.41) is 22.8. The number of rotatable bonds is 4. The van der Waals surface area contributed by atoms with Gasteiger partial charge >= 0.3 is 0 Å². The van der Waals surface area contributed by atoms with E-state index in [0.29, 0.717) is 10.3 Å². The molecular formula is C10H10N2O4S. The van der Waals surface area contributed by atoms with Crippen LogP contribution < -0.4 is 11.3 Å². The average molecular weight is 254 g/mol. The summed E-state index contributed by atoms with van der Waals surface area (Å²) in [6, 6.07) is 8.54. The molecule has 0 saturated heterocycles. The van der Waals surface area contributed by atoms with E-state index in [1.165, 1.54) is 6.07 Å². The summed E-state index contributed by atoms with van der Waals surface area (Å²) >= 11 is 0.779. The van der Waals surface area contributed by atoms with Crippen LogP contribution in [0, 0.1) is 0 Å². The number of nitrogens with one attached hydrogen (secondary N) is 1. The second kappa shape index (κ2) is 5.21. The highest BCUT2D eigenvalue weighted by molar-refractivity contribution is 7.94. The van der Waals surface area contributed by atoms with E-state index in [4.69, 9.17) is 11.1 Å². The molecule has 0 aliphatic heterocycles. The van der Waals surface area contributed by atoms with Crippen LogP contribution in [0.3, 0.4) is 0 Å². The zero-order chi connectivity index (χ0) is 12.3. The number of benzene rings is 2. The van der Waals surface area contributed by atoms with E-state index in [0.717, 1.165) is 23.1 Å². The van der Waals surface area contributed by atoms with E-state index < -0.39 is 0 Å². The number of fused-ring (bicyclic) bond motifs is 1. The van der Waals surface area contributed by atoms with Crippen molar-refractivity contribution in [3.63, 3.8) is 0 Å². The highest BCUT2D eigenvalue weighted by atomic mass is 32.2. The molecule has 2 aromatic carbocycles. The lowest BCUT2D eigenvalue weighted by Gasteiger charge is -2.06. The Bertz CT molecular complexity index is 535. The van der Waals surface area contributed by atoms with E-state index in [-0.39, 0.29) is 5.75 Å². The lowest BCUT2D eigenvalue weighted by Crippen LogP contribution is -2.06. The molecule has 5 N–H and O–H groups in total. The zero-order valence-electron chi connectivity index (χ0n) is 8.58. The van der Waals surface area contributed by atoms with Crippen LogP contribution in [0.15, 0.2) is 35.2 Å². The van der Waals surface area contributed by atoms with Gasteiger partial charge in [-0.1, -0.05) is 5.04 Å². The van der Waals surface area contributed by atoms with Gasteiger partial charge in [-0.3, -0.25) is 5.84 Å². The predicted octanol–water partition coefficient (Wildman–Crippen LogP) is 2.26. The Kier molecular flexibility index (Phi) is 3.67. The van der Waals surface area contributed by atoms with Crippen molar-refractivity contribution < 1.29 is 19.7 Å². The fourth-order valence-electron chi connectivity index (χ4n) is 1.52. The Labute approximate surface area is 101 Å². The third kappa shape index (κ3) is 2.60.